The third-order valence-electron chi connectivity index (χ3n) is 8.36. The summed E-state index contributed by atoms with van der Waals surface area (Å²) in [7, 11) is -1.96. The molecular weight excluding hydrogens is 472 g/mol. The second kappa shape index (κ2) is 9.52. The smallest absolute Gasteiger partial charge is 0.243 e. The number of nitrogens with zero attached hydrogens (tertiary/aromatic N) is 4. The number of benzene rings is 1. The molecule has 3 aliphatic heterocycles. The summed E-state index contributed by atoms with van der Waals surface area (Å²) in [5.41, 5.74) is 2.25. The van der Waals surface area contributed by atoms with E-state index in [1.165, 1.54) is 0 Å². The van der Waals surface area contributed by atoms with Crippen LogP contribution in [0.2, 0.25) is 18.1 Å². The first-order valence-corrected chi connectivity index (χ1v) is 15.9. The van der Waals surface area contributed by atoms with Crippen LogP contribution in [0, 0.1) is 0 Å². The molecule has 4 heterocycles. The van der Waals surface area contributed by atoms with Crippen LogP contribution in [0.4, 0.5) is 17.2 Å². The number of rotatable bonds is 5. The van der Waals surface area contributed by atoms with Crippen LogP contribution in [-0.2, 0) is 30.7 Å². The standard InChI is InChI=1S/C27H38N4O4Si/c1-26(2,3)36(4,5)35-19-23-28-18-22-24(29-23)31(25(32)27(22)10-14-33-15-11-27)21-8-6-20(7-9-21)30-12-16-34-17-13-30/h6-9,18H,10-17,19H2,1-5H3. The molecule has 1 amide bonds. The van der Waals surface area contributed by atoms with Crippen LogP contribution < -0.4 is 9.80 Å². The Balaban J connectivity index is 1.47. The molecule has 2 saturated heterocycles. The number of fused-ring (bicyclic) bond motifs is 2. The Morgan fingerprint density at radius 1 is 1.00 bits per heavy atom. The van der Waals surface area contributed by atoms with Gasteiger partial charge in [0, 0.05) is 43.8 Å². The number of anilines is 3. The molecule has 8 nitrogen and oxygen atoms in total. The molecule has 3 aliphatic rings. The molecule has 1 aromatic heterocycles. The van der Waals surface area contributed by atoms with E-state index < -0.39 is 13.7 Å². The molecule has 1 aromatic carbocycles. The van der Waals surface area contributed by atoms with Crippen molar-refractivity contribution in [1.82, 2.24) is 9.97 Å². The normalized spacial score (nSPS) is 20.2. The van der Waals surface area contributed by atoms with Crippen LogP contribution in [0.15, 0.2) is 30.5 Å². The Morgan fingerprint density at radius 3 is 2.25 bits per heavy atom. The first-order chi connectivity index (χ1) is 17.1. The van der Waals surface area contributed by atoms with Crippen molar-refractivity contribution in [1.29, 1.82) is 0 Å². The summed E-state index contributed by atoms with van der Waals surface area (Å²) in [4.78, 5) is 27.7. The van der Waals surface area contributed by atoms with Gasteiger partial charge < -0.3 is 18.8 Å². The van der Waals surface area contributed by atoms with E-state index in [1.54, 1.807) is 4.90 Å². The van der Waals surface area contributed by atoms with E-state index in [-0.39, 0.29) is 10.9 Å². The quantitative estimate of drug-likeness (QED) is 0.546. The lowest BCUT2D eigenvalue weighted by molar-refractivity contribution is -0.125. The van der Waals surface area contributed by atoms with Gasteiger partial charge >= 0.3 is 0 Å². The summed E-state index contributed by atoms with van der Waals surface area (Å²) in [6.45, 7) is 15.8. The fraction of sp³-hybridized carbons (Fsp3) is 0.593. The van der Waals surface area contributed by atoms with Gasteiger partial charge in [0.25, 0.3) is 0 Å². The van der Waals surface area contributed by atoms with Gasteiger partial charge in [-0.3, -0.25) is 9.69 Å². The van der Waals surface area contributed by atoms with Gasteiger partial charge in [0.15, 0.2) is 14.1 Å². The van der Waals surface area contributed by atoms with Crippen molar-refractivity contribution in [3.05, 3.63) is 41.9 Å². The van der Waals surface area contributed by atoms with Crippen LogP contribution in [-0.4, -0.2) is 63.7 Å². The Morgan fingerprint density at radius 2 is 1.61 bits per heavy atom. The van der Waals surface area contributed by atoms with Crippen LogP contribution >= 0.6 is 0 Å². The molecule has 0 bridgehead atoms. The Labute approximate surface area is 215 Å². The monoisotopic (exact) mass is 510 g/mol. The highest BCUT2D eigenvalue weighted by Crippen LogP contribution is 2.49. The molecular formula is C27H38N4O4Si. The van der Waals surface area contributed by atoms with Gasteiger partial charge in [-0.1, -0.05) is 20.8 Å². The number of morpholine rings is 1. The second-order valence-corrected chi connectivity index (χ2v) is 16.3. The predicted octanol–water partition coefficient (Wildman–Crippen LogP) is 4.56. The molecule has 194 valence electrons. The molecule has 0 atom stereocenters. The van der Waals surface area contributed by atoms with Crippen molar-refractivity contribution in [3.8, 4) is 0 Å². The van der Waals surface area contributed by atoms with Crippen molar-refractivity contribution in [2.45, 2.75) is 63.8 Å². The number of carbonyl (C=O) groups is 1. The third-order valence-corrected chi connectivity index (χ3v) is 12.8. The maximum atomic E-state index is 14.0. The highest BCUT2D eigenvalue weighted by molar-refractivity contribution is 6.74. The minimum Gasteiger partial charge on any atom is -0.409 e. The Bertz CT molecular complexity index is 1100. The van der Waals surface area contributed by atoms with E-state index in [9.17, 15) is 4.79 Å². The molecule has 1 spiro atoms. The molecule has 0 aliphatic carbocycles. The minimum absolute atomic E-state index is 0.0664. The van der Waals surface area contributed by atoms with Crippen molar-refractivity contribution < 1.29 is 18.7 Å². The average Bonchev–Trinajstić information content (AvgIpc) is 3.10. The summed E-state index contributed by atoms with van der Waals surface area (Å²) in [6, 6.07) is 8.23. The largest absolute Gasteiger partial charge is 0.409 e. The number of carbonyl (C=O) groups excluding carboxylic acids is 1. The second-order valence-electron chi connectivity index (χ2n) is 11.5. The topological polar surface area (TPSA) is 77.0 Å². The van der Waals surface area contributed by atoms with E-state index in [1.807, 2.05) is 18.3 Å². The molecule has 2 fully saturated rings. The molecule has 9 heteroatoms. The van der Waals surface area contributed by atoms with E-state index in [4.69, 9.17) is 18.9 Å². The zero-order chi connectivity index (χ0) is 25.6. The number of hydrogen-bond acceptors (Lipinski definition) is 7. The maximum absolute atomic E-state index is 14.0. The van der Waals surface area contributed by atoms with Gasteiger partial charge in [-0.2, -0.15) is 0 Å². The number of amides is 1. The van der Waals surface area contributed by atoms with E-state index >= 15 is 0 Å². The molecule has 5 rings (SSSR count). The van der Waals surface area contributed by atoms with Crippen LogP contribution in [0.3, 0.4) is 0 Å². The fourth-order valence-electron chi connectivity index (χ4n) is 4.95. The molecule has 36 heavy (non-hydrogen) atoms. The van der Waals surface area contributed by atoms with E-state index in [0.29, 0.717) is 44.3 Å². The minimum atomic E-state index is -1.96. The first kappa shape index (κ1) is 25.3. The van der Waals surface area contributed by atoms with Gasteiger partial charge in [-0.25, -0.2) is 9.97 Å². The molecule has 0 radical (unpaired) electrons. The zero-order valence-corrected chi connectivity index (χ0v) is 23.2. The Kier molecular flexibility index (Phi) is 6.69. The summed E-state index contributed by atoms with van der Waals surface area (Å²) >= 11 is 0. The van der Waals surface area contributed by atoms with Crippen molar-refractivity contribution in [2.24, 2.45) is 0 Å². The fourth-order valence-corrected chi connectivity index (χ4v) is 5.87. The average molecular weight is 511 g/mol. The van der Waals surface area contributed by atoms with Crippen LogP contribution in [0.5, 0.6) is 0 Å². The molecule has 0 unspecified atom stereocenters. The molecule has 2 aromatic rings. The Hall–Kier alpha value is -2.33. The number of ether oxygens (including phenoxy) is 2. The zero-order valence-electron chi connectivity index (χ0n) is 22.2. The van der Waals surface area contributed by atoms with E-state index in [0.717, 1.165) is 43.2 Å². The highest BCUT2D eigenvalue weighted by atomic mass is 28.4. The predicted molar refractivity (Wildman–Crippen MR) is 142 cm³/mol. The lowest BCUT2D eigenvalue weighted by Crippen LogP contribution is -2.42. The van der Waals surface area contributed by atoms with Crippen LogP contribution in [0.1, 0.15) is 45.0 Å². The SMILES string of the molecule is CC(C)(C)[Si](C)(C)OCc1ncc2c(n1)N(c1ccc(N3CCOCC3)cc1)C(=O)C21CCOCC1. The maximum Gasteiger partial charge on any atom is 0.243 e. The van der Waals surface area contributed by atoms with Crippen LogP contribution in [0.25, 0.3) is 0 Å². The van der Waals surface area contributed by atoms with Crippen molar-refractivity contribution in [2.75, 3.05) is 49.3 Å². The summed E-state index contributed by atoms with van der Waals surface area (Å²) in [6.07, 6.45) is 3.15. The molecule has 0 N–H and O–H groups in total. The third kappa shape index (κ3) is 4.47. The highest BCUT2D eigenvalue weighted by Gasteiger charge is 2.53. The number of aromatic nitrogens is 2. The summed E-state index contributed by atoms with van der Waals surface area (Å²) in [5, 5.41) is 0.0973. The van der Waals surface area contributed by atoms with Gasteiger partial charge in [-0.05, 0) is 55.2 Å². The lowest BCUT2D eigenvalue weighted by atomic mass is 9.76. The van der Waals surface area contributed by atoms with Crippen molar-refractivity contribution >= 4 is 31.4 Å². The number of hydrogen-bond donors (Lipinski definition) is 0. The van der Waals surface area contributed by atoms with E-state index in [2.05, 4.69) is 55.9 Å². The van der Waals surface area contributed by atoms with Gasteiger partial charge in [-0.15, -0.1) is 0 Å². The van der Waals surface area contributed by atoms with Gasteiger partial charge in [0.05, 0.1) is 30.9 Å². The lowest BCUT2D eigenvalue weighted by Gasteiger charge is -2.35. The summed E-state index contributed by atoms with van der Waals surface area (Å²) < 4.78 is 17.5. The van der Waals surface area contributed by atoms with Gasteiger partial charge in [0.2, 0.25) is 5.91 Å². The summed E-state index contributed by atoms with van der Waals surface area (Å²) in [5.74, 6) is 1.37. The molecule has 0 saturated carbocycles. The van der Waals surface area contributed by atoms with Gasteiger partial charge in [0.1, 0.15) is 5.82 Å². The first-order valence-electron chi connectivity index (χ1n) is 13.0. The van der Waals surface area contributed by atoms with Crippen molar-refractivity contribution in [3.63, 3.8) is 0 Å².